The molecule has 5 N–H and O–H groups in total. The fourth-order valence-electron chi connectivity index (χ4n) is 5.18. The highest BCUT2D eigenvalue weighted by atomic mass is 19.1. The Labute approximate surface area is 246 Å². The Morgan fingerprint density at radius 2 is 1.67 bits per heavy atom. The smallest absolute Gasteiger partial charge is 0.330 e. The molecule has 3 atom stereocenters. The standard InChI is InChI=1S/C15H18FN3O3.C15H16FN3O2/c1-15(17,9-4-3-5-10(16)8-9)7-6-11-12(20)18-14(22)19(2)13(11)21;1-15(9-4-3-5-10(16)8-9)7-6-11-12(18-15)17-14(21)19(2)13(11)20/h3-5,8,11H,6-7,17H2,1-2H3,(H,18,20,22);3-5,8,18H,6-7H2,1-2H3,(H,17,21)/t11?,15-;15-/m11/s1. The van der Waals surface area contributed by atoms with Crippen molar-refractivity contribution in [3.63, 3.8) is 0 Å². The molecule has 0 radical (unpaired) electrons. The summed E-state index contributed by atoms with van der Waals surface area (Å²) in [5.41, 5.74) is 5.96. The summed E-state index contributed by atoms with van der Waals surface area (Å²) >= 11 is 0. The van der Waals surface area contributed by atoms with Crippen molar-refractivity contribution in [2.45, 2.75) is 50.6 Å². The number of hydrogen-bond donors (Lipinski definition) is 4. The van der Waals surface area contributed by atoms with E-state index in [4.69, 9.17) is 5.73 Å². The molecule has 5 rings (SSSR count). The lowest BCUT2D eigenvalue weighted by Gasteiger charge is -2.36. The van der Waals surface area contributed by atoms with Crippen molar-refractivity contribution in [2.24, 2.45) is 18.7 Å². The number of benzene rings is 2. The monoisotopic (exact) mass is 596 g/mol. The third kappa shape index (κ3) is 6.56. The average Bonchev–Trinajstić information content (AvgIpc) is 2.95. The molecule has 3 aromatic rings. The number of halogens is 2. The number of carbonyl (C=O) groups excluding carboxylic acids is 3. The molecule has 2 aliphatic rings. The number of rotatable bonds is 5. The maximum Gasteiger partial charge on any atom is 0.330 e. The normalized spacial score (nSPS) is 21.1. The highest BCUT2D eigenvalue weighted by Gasteiger charge is 2.39. The van der Waals surface area contributed by atoms with Crippen LogP contribution in [0, 0.1) is 17.6 Å². The van der Waals surface area contributed by atoms with Crippen LogP contribution in [0.5, 0.6) is 0 Å². The molecule has 228 valence electrons. The van der Waals surface area contributed by atoms with Gasteiger partial charge in [-0.2, -0.15) is 0 Å². The first-order chi connectivity index (χ1) is 20.1. The van der Waals surface area contributed by atoms with Gasteiger partial charge in [-0.05, 0) is 74.9 Å². The van der Waals surface area contributed by atoms with Crippen LogP contribution in [0.25, 0.3) is 0 Å². The van der Waals surface area contributed by atoms with Crippen molar-refractivity contribution >= 4 is 23.7 Å². The van der Waals surface area contributed by atoms with Gasteiger partial charge in [-0.25, -0.2) is 18.4 Å². The van der Waals surface area contributed by atoms with Gasteiger partial charge in [0.15, 0.2) is 0 Å². The van der Waals surface area contributed by atoms with Gasteiger partial charge in [0.2, 0.25) is 11.8 Å². The minimum absolute atomic E-state index is 0.172. The predicted octanol–water partition coefficient (Wildman–Crippen LogP) is 2.59. The first kappa shape index (κ1) is 31.3. The summed E-state index contributed by atoms with van der Waals surface area (Å²) in [7, 11) is 2.76. The van der Waals surface area contributed by atoms with E-state index in [0.29, 0.717) is 36.2 Å². The summed E-state index contributed by atoms with van der Waals surface area (Å²) in [6.45, 7) is 3.64. The Kier molecular flexibility index (Phi) is 8.67. The van der Waals surface area contributed by atoms with Crippen LogP contribution in [0.2, 0.25) is 0 Å². The molecular formula is C30H34F2N6O5. The average molecular weight is 597 g/mol. The van der Waals surface area contributed by atoms with Gasteiger partial charge in [0.25, 0.3) is 5.56 Å². The van der Waals surface area contributed by atoms with Crippen LogP contribution in [0.15, 0.2) is 58.1 Å². The summed E-state index contributed by atoms with van der Waals surface area (Å²) in [5, 5.41) is 5.31. The van der Waals surface area contributed by atoms with E-state index in [9.17, 15) is 32.8 Å². The van der Waals surface area contributed by atoms with Crippen molar-refractivity contribution in [1.82, 2.24) is 19.8 Å². The Morgan fingerprint density at radius 3 is 2.33 bits per heavy atom. The molecule has 0 spiro atoms. The number of urea groups is 1. The number of amides is 4. The molecule has 13 heteroatoms. The molecule has 3 heterocycles. The molecule has 1 fully saturated rings. The van der Waals surface area contributed by atoms with Gasteiger partial charge in [-0.3, -0.25) is 34.2 Å². The number of nitrogens with zero attached hydrogens (tertiary/aromatic N) is 2. The van der Waals surface area contributed by atoms with Crippen LogP contribution in [0.3, 0.4) is 0 Å². The number of H-pyrrole nitrogens is 1. The van der Waals surface area contributed by atoms with E-state index in [2.05, 4.69) is 15.6 Å². The second kappa shape index (κ2) is 11.9. The minimum atomic E-state index is -0.959. The molecule has 1 saturated heterocycles. The molecule has 1 unspecified atom stereocenters. The number of carbonyl (C=O) groups is 3. The topological polar surface area (TPSA) is 159 Å². The first-order valence-electron chi connectivity index (χ1n) is 13.7. The summed E-state index contributed by atoms with van der Waals surface area (Å²) in [6.07, 6.45) is 1.64. The molecular weight excluding hydrogens is 562 g/mol. The fraction of sp³-hybridized carbons (Fsp3) is 0.367. The van der Waals surface area contributed by atoms with Crippen LogP contribution in [-0.2, 0) is 34.1 Å². The third-order valence-corrected chi connectivity index (χ3v) is 8.06. The Hall–Kier alpha value is -4.65. The van der Waals surface area contributed by atoms with Crippen molar-refractivity contribution in [3.8, 4) is 0 Å². The van der Waals surface area contributed by atoms with Crippen LogP contribution < -0.4 is 27.6 Å². The number of hydrogen-bond acceptors (Lipinski definition) is 7. The SMILES string of the molecule is CN1C(=O)NC(=O)C(CC[C@@](C)(N)c2cccc(F)c2)C1=O.Cn1c(=O)[nH]c2c(c1=O)CC[C@](C)(c1cccc(F)c1)N2. The molecule has 2 aliphatic heterocycles. The second-order valence-electron chi connectivity index (χ2n) is 11.3. The largest absolute Gasteiger partial charge is 0.362 e. The third-order valence-electron chi connectivity index (χ3n) is 8.06. The molecule has 4 amide bonds. The number of barbiturate groups is 1. The predicted molar refractivity (Wildman–Crippen MR) is 155 cm³/mol. The number of imide groups is 2. The van der Waals surface area contributed by atoms with Gasteiger partial charge in [0.05, 0.1) is 11.1 Å². The van der Waals surface area contributed by atoms with Crippen molar-refractivity contribution in [3.05, 3.63) is 97.7 Å². The minimum Gasteiger partial charge on any atom is -0.362 e. The van der Waals surface area contributed by atoms with E-state index in [1.807, 2.05) is 13.0 Å². The van der Waals surface area contributed by atoms with E-state index >= 15 is 0 Å². The van der Waals surface area contributed by atoms with Crippen molar-refractivity contribution in [1.29, 1.82) is 0 Å². The lowest BCUT2D eigenvalue weighted by molar-refractivity contribution is -0.142. The molecule has 2 aromatic carbocycles. The Morgan fingerprint density at radius 1 is 1.02 bits per heavy atom. The quantitative estimate of drug-likeness (QED) is 0.330. The van der Waals surface area contributed by atoms with E-state index in [1.54, 1.807) is 25.1 Å². The van der Waals surface area contributed by atoms with Gasteiger partial charge in [-0.15, -0.1) is 0 Å². The highest BCUT2D eigenvalue weighted by Crippen LogP contribution is 2.35. The fourth-order valence-corrected chi connectivity index (χ4v) is 5.18. The van der Waals surface area contributed by atoms with E-state index < -0.39 is 46.3 Å². The summed E-state index contributed by atoms with van der Waals surface area (Å²) in [6, 6.07) is 11.5. The number of aromatic amines is 1. The van der Waals surface area contributed by atoms with Gasteiger partial charge >= 0.3 is 11.7 Å². The lowest BCUT2D eigenvalue weighted by atomic mass is 9.83. The zero-order chi connectivity index (χ0) is 31.7. The van der Waals surface area contributed by atoms with Crippen molar-refractivity contribution in [2.75, 3.05) is 12.4 Å². The Balaban J connectivity index is 0.000000197. The van der Waals surface area contributed by atoms with Crippen LogP contribution in [0.4, 0.5) is 19.4 Å². The summed E-state index contributed by atoms with van der Waals surface area (Å²) < 4.78 is 27.8. The summed E-state index contributed by atoms with van der Waals surface area (Å²) in [4.78, 5) is 62.5. The lowest BCUT2D eigenvalue weighted by Crippen LogP contribution is -2.56. The zero-order valence-corrected chi connectivity index (χ0v) is 24.3. The molecule has 11 nitrogen and oxygen atoms in total. The van der Waals surface area contributed by atoms with E-state index in [0.717, 1.165) is 15.0 Å². The first-order valence-corrected chi connectivity index (χ1v) is 13.7. The van der Waals surface area contributed by atoms with Crippen molar-refractivity contribution < 1.29 is 23.2 Å². The second-order valence-corrected chi connectivity index (χ2v) is 11.3. The molecule has 0 saturated carbocycles. The van der Waals surface area contributed by atoms with Gasteiger partial charge in [0, 0.05) is 19.6 Å². The molecule has 0 aliphatic carbocycles. The highest BCUT2D eigenvalue weighted by molar-refractivity contribution is 6.15. The van der Waals surface area contributed by atoms with Crippen LogP contribution in [-0.4, -0.2) is 39.3 Å². The van der Waals surface area contributed by atoms with Gasteiger partial charge in [-0.1, -0.05) is 24.3 Å². The summed E-state index contributed by atoms with van der Waals surface area (Å²) in [5.74, 6) is -2.41. The maximum absolute atomic E-state index is 13.4. The molecule has 43 heavy (non-hydrogen) atoms. The van der Waals surface area contributed by atoms with Crippen LogP contribution in [0.1, 0.15) is 49.8 Å². The Bertz CT molecular complexity index is 1700. The van der Waals surface area contributed by atoms with Gasteiger partial charge in [0.1, 0.15) is 23.4 Å². The zero-order valence-electron chi connectivity index (χ0n) is 24.3. The van der Waals surface area contributed by atoms with E-state index in [-0.39, 0.29) is 17.8 Å². The number of aromatic nitrogens is 2. The number of anilines is 1. The number of nitrogens with one attached hydrogen (secondary N) is 3. The molecule has 1 aromatic heterocycles. The number of nitrogens with two attached hydrogens (primary N) is 1. The van der Waals surface area contributed by atoms with Gasteiger partial charge < -0.3 is 11.1 Å². The maximum atomic E-state index is 13.4. The van der Waals surface area contributed by atoms with Crippen LogP contribution >= 0.6 is 0 Å². The van der Waals surface area contributed by atoms with E-state index in [1.165, 1.54) is 38.4 Å². The molecule has 0 bridgehead atoms. The number of fused-ring (bicyclic) bond motifs is 1.